The summed E-state index contributed by atoms with van der Waals surface area (Å²) in [6.07, 6.45) is 4.91. The first-order valence-corrected chi connectivity index (χ1v) is 13.7. The Bertz CT molecular complexity index is 1330. The second-order valence-electron chi connectivity index (χ2n) is 10.0. The Labute approximate surface area is 244 Å². The lowest BCUT2D eigenvalue weighted by Gasteiger charge is -2.32. The van der Waals surface area contributed by atoms with Crippen LogP contribution in [0.2, 0.25) is 0 Å². The SMILES string of the molecule is CC=O.COc1ccc(C2CCCN(C(=O)[C@@H]3CN(C(=N)/C=C\C(=N)C#N)C[C@H]3c3ccc(F)cc3F)CCN2)cc1. The van der Waals surface area contributed by atoms with E-state index in [2.05, 4.69) is 5.32 Å². The van der Waals surface area contributed by atoms with E-state index in [1.807, 2.05) is 24.3 Å². The van der Waals surface area contributed by atoms with Crippen molar-refractivity contribution in [3.63, 3.8) is 0 Å². The minimum absolute atomic E-state index is 0.0227. The molecule has 0 bridgehead atoms. The van der Waals surface area contributed by atoms with E-state index >= 15 is 0 Å². The van der Waals surface area contributed by atoms with Gasteiger partial charge in [-0.2, -0.15) is 5.26 Å². The number of rotatable bonds is 6. The number of methoxy groups -OCH3 is 1. The first-order valence-electron chi connectivity index (χ1n) is 13.7. The molecule has 0 radical (unpaired) electrons. The zero-order chi connectivity index (χ0) is 30.6. The summed E-state index contributed by atoms with van der Waals surface area (Å²) in [5, 5.41) is 28.2. The van der Waals surface area contributed by atoms with Gasteiger partial charge in [-0.25, -0.2) is 8.78 Å². The maximum Gasteiger partial charge on any atom is 0.228 e. The number of benzene rings is 2. The van der Waals surface area contributed by atoms with Crippen molar-refractivity contribution in [2.24, 2.45) is 5.92 Å². The highest BCUT2D eigenvalue weighted by molar-refractivity contribution is 6.08. The second kappa shape index (κ2) is 15.5. The summed E-state index contributed by atoms with van der Waals surface area (Å²) in [4.78, 5) is 26.1. The van der Waals surface area contributed by atoms with Crippen LogP contribution >= 0.6 is 0 Å². The number of nitrogens with one attached hydrogen (secondary N) is 3. The molecule has 11 heteroatoms. The van der Waals surface area contributed by atoms with Crippen molar-refractivity contribution < 1.29 is 23.1 Å². The number of allylic oxidation sites excluding steroid dienone is 1. The van der Waals surface area contributed by atoms with E-state index < -0.39 is 23.5 Å². The molecule has 42 heavy (non-hydrogen) atoms. The molecular formula is C31H36F2N6O3. The highest BCUT2D eigenvalue weighted by Gasteiger charge is 2.42. The monoisotopic (exact) mass is 578 g/mol. The Morgan fingerprint density at radius 2 is 1.81 bits per heavy atom. The van der Waals surface area contributed by atoms with Crippen LogP contribution in [0.25, 0.3) is 0 Å². The Hall–Kier alpha value is -4.43. The number of carbonyl (C=O) groups is 2. The molecule has 2 aliphatic rings. The quantitative estimate of drug-likeness (QED) is 0.267. The van der Waals surface area contributed by atoms with Crippen molar-refractivity contribution in [2.75, 3.05) is 39.8 Å². The summed E-state index contributed by atoms with van der Waals surface area (Å²) in [5.74, 6) is -1.93. The molecule has 2 aromatic carbocycles. The summed E-state index contributed by atoms with van der Waals surface area (Å²) >= 11 is 0. The molecule has 222 valence electrons. The van der Waals surface area contributed by atoms with Crippen LogP contribution in [-0.4, -0.2) is 73.4 Å². The Morgan fingerprint density at radius 1 is 1.10 bits per heavy atom. The molecule has 4 rings (SSSR count). The molecule has 9 nitrogen and oxygen atoms in total. The van der Waals surface area contributed by atoms with E-state index in [0.717, 1.165) is 36.5 Å². The number of nitrogens with zero attached hydrogens (tertiary/aromatic N) is 3. The third kappa shape index (κ3) is 8.30. The molecule has 0 aromatic heterocycles. The van der Waals surface area contributed by atoms with Gasteiger partial charge in [0, 0.05) is 50.7 Å². The zero-order valence-corrected chi connectivity index (χ0v) is 23.8. The standard InChI is InChI=1S/C29H32F2N6O2.C2H4O/c1-39-22-8-4-19(5-9-22)27-3-2-13-36(14-12-35-27)29(38)25-18-37(28(34)11-7-21(33)16-32)17-24(25)23-10-6-20(30)15-26(23)31;1-2-3/h4-11,15,24-25,27,33-35H,2-3,12-14,17-18H2,1H3;2H,1H3/b11-7-,33-21?,34-28?;/t24-,25+,27?;/m0./s1. The average Bonchev–Trinajstić information content (AvgIpc) is 3.41. The first-order chi connectivity index (χ1) is 20.2. The van der Waals surface area contributed by atoms with Gasteiger partial charge in [0.05, 0.1) is 13.0 Å². The predicted octanol–water partition coefficient (Wildman–Crippen LogP) is 4.22. The third-order valence-electron chi connectivity index (χ3n) is 7.39. The largest absolute Gasteiger partial charge is 0.497 e. The van der Waals surface area contributed by atoms with Crippen molar-refractivity contribution in [2.45, 2.75) is 31.7 Å². The van der Waals surface area contributed by atoms with Gasteiger partial charge in [0.1, 0.15) is 41.3 Å². The summed E-state index contributed by atoms with van der Waals surface area (Å²) < 4.78 is 33.7. The molecule has 2 aliphatic heterocycles. The Kier molecular flexibility index (Phi) is 11.9. The molecule has 2 saturated heterocycles. The van der Waals surface area contributed by atoms with Gasteiger partial charge in [0.25, 0.3) is 0 Å². The van der Waals surface area contributed by atoms with Crippen LogP contribution in [-0.2, 0) is 9.59 Å². The topological polar surface area (TPSA) is 133 Å². The van der Waals surface area contributed by atoms with Crippen LogP contribution in [0.5, 0.6) is 5.75 Å². The Balaban J connectivity index is 0.00000155. The number of aldehydes is 1. The van der Waals surface area contributed by atoms with Crippen LogP contribution in [0, 0.1) is 39.7 Å². The molecule has 1 unspecified atom stereocenters. The van der Waals surface area contributed by atoms with Gasteiger partial charge in [-0.3, -0.25) is 15.6 Å². The van der Waals surface area contributed by atoms with Crippen molar-refractivity contribution >= 4 is 23.7 Å². The molecule has 2 fully saturated rings. The number of likely N-dealkylation sites (tertiary alicyclic amines) is 1. The molecule has 2 heterocycles. The summed E-state index contributed by atoms with van der Waals surface area (Å²) in [7, 11) is 1.63. The summed E-state index contributed by atoms with van der Waals surface area (Å²) in [6.45, 7) is 3.44. The molecule has 1 amide bonds. The lowest BCUT2D eigenvalue weighted by molar-refractivity contribution is -0.135. The smallest absolute Gasteiger partial charge is 0.228 e. The second-order valence-corrected chi connectivity index (χ2v) is 10.0. The van der Waals surface area contributed by atoms with Crippen molar-refractivity contribution in [3.8, 4) is 11.8 Å². The van der Waals surface area contributed by atoms with E-state index in [1.54, 1.807) is 23.0 Å². The Morgan fingerprint density at radius 3 is 2.45 bits per heavy atom. The number of hydrogen-bond donors (Lipinski definition) is 3. The van der Waals surface area contributed by atoms with Gasteiger partial charge in [0.2, 0.25) is 5.91 Å². The molecule has 0 spiro atoms. The van der Waals surface area contributed by atoms with Crippen LogP contribution in [0.15, 0.2) is 54.6 Å². The predicted molar refractivity (Wildman–Crippen MR) is 156 cm³/mol. The highest BCUT2D eigenvalue weighted by atomic mass is 19.1. The molecule has 2 aromatic rings. The van der Waals surface area contributed by atoms with Crippen LogP contribution in [0.1, 0.15) is 42.9 Å². The first kappa shape index (κ1) is 32.1. The zero-order valence-electron chi connectivity index (χ0n) is 23.8. The van der Waals surface area contributed by atoms with E-state index in [9.17, 15) is 13.6 Å². The number of amides is 1. The lowest BCUT2D eigenvalue weighted by Crippen LogP contribution is -2.45. The maximum atomic E-state index is 14.8. The van der Waals surface area contributed by atoms with E-state index in [0.29, 0.717) is 19.6 Å². The van der Waals surface area contributed by atoms with E-state index in [-0.39, 0.29) is 42.1 Å². The number of hydrogen-bond acceptors (Lipinski definition) is 7. The number of nitriles is 1. The van der Waals surface area contributed by atoms with Gasteiger partial charge < -0.3 is 24.6 Å². The van der Waals surface area contributed by atoms with Gasteiger partial charge in [-0.15, -0.1) is 0 Å². The minimum atomic E-state index is -0.718. The van der Waals surface area contributed by atoms with E-state index in [1.165, 1.54) is 31.2 Å². The lowest BCUT2D eigenvalue weighted by atomic mass is 9.87. The van der Waals surface area contributed by atoms with Gasteiger partial charge in [-0.1, -0.05) is 18.2 Å². The number of carbonyl (C=O) groups excluding carboxylic acids is 2. The van der Waals surface area contributed by atoms with Crippen molar-refractivity contribution in [3.05, 3.63) is 77.4 Å². The molecule has 0 saturated carbocycles. The fourth-order valence-corrected chi connectivity index (χ4v) is 5.32. The van der Waals surface area contributed by atoms with Crippen molar-refractivity contribution in [1.82, 2.24) is 15.1 Å². The third-order valence-corrected chi connectivity index (χ3v) is 7.39. The number of halogens is 2. The fraction of sp³-hybridized carbons (Fsp3) is 0.387. The van der Waals surface area contributed by atoms with Crippen LogP contribution in [0.3, 0.4) is 0 Å². The number of ether oxygens (including phenoxy) is 1. The van der Waals surface area contributed by atoms with Crippen molar-refractivity contribution in [1.29, 1.82) is 16.1 Å². The number of amidine groups is 1. The van der Waals surface area contributed by atoms with Gasteiger partial charge in [0.15, 0.2) is 0 Å². The average molecular weight is 579 g/mol. The highest BCUT2D eigenvalue weighted by Crippen LogP contribution is 2.36. The summed E-state index contributed by atoms with van der Waals surface area (Å²) in [5.41, 5.74) is 1.10. The molecular weight excluding hydrogens is 542 g/mol. The van der Waals surface area contributed by atoms with E-state index in [4.69, 9.17) is 25.6 Å². The molecule has 3 N–H and O–H groups in total. The van der Waals surface area contributed by atoms with Gasteiger partial charge >= 0.3 is 0 Å². The molecule has 0 aliphatic carbocycles. The fourth-order valence-electron chi connectivity index (χ4n) is 5.32. The van der Waals surface area contributed by atoms with Crippen LogP contribution < -0.4 is 10.1 Å². The van der Waals surface area contributed by atoms with Gasteiger partial charge in [-0.05, 0) is 61.2 Å². The molecule has 3 atom stereocenters. The minimum Gasteiger partial charge on any atom is -0.497 e. The normalized spacial score (nSPS) is 20.5. The maximum absolute atomic E-state index is 14.8. The summed E-state index contributed by atoms with van der Waals surface area (Å²) in [6, 6.07) is 13.2. The van der Waals surface area contributed by atoms with Crippen LogP contribution in [0.4, 0.5) is 8.78 Å².